The number of anilines is 1. The third-order valence-corrected chi connectivity index (χ3v) is 3.06. The number of carbonyl (C=O) groups excluding carboxylic acids is 2. The highest BCUT2D eigenvalue weighted by Crippen LogP contribution is 2.14. The fraction of sp³-hybridized carbons (Fsp3) is 0.385. The third kappa shape index (κ3) is 3.30. The zero-order valence-corrected chi connectivity index (χ0v) is 10.6. The monoisotopic (exact) mass is 284 g/mol. The molecule has 1 fully saturated rings. The number of halogens is 2. The number of amides is 2. The van der Waals surface area contributed by atoms with E-state index in [1.165, 1.54) is 4.90 Å². The molecule has 1 saturated heterocycles. The number of aliphatic hydroxyl groups excluding tert-OH is 1. The molecule has 1 aliphatic heterocycles. The van der Waals surface area contributed by atoms with Gasteiger partial charge in [0.15, 0.2) is 11.6 Å². The molecule has 1 atom stereocenters. The first-order chi connectivity index (χ1) is 9.47. The number of nitrogens with one attached hydrogen (secondary N) is 1. The summed E-state index contributed by atoms with van der Waals surface area (Å²) in [5.41, 5.74) is -0.000178. The molecule has 108 valence electrons. The van der Waals surface area contributed by atoms with Crippen molar-refractivity contribution < 1.29 is 23.5 Å². The Hall–Kier alpha value is -2.02. The molecule has 1 aromatic carbocycles. The van der Waals surface area contributed by atoms with Crippen LogP contribution in [0, 0.1) is 11.6 Å². The van der Waals surface area contributed by atoms with Crippen molar-refractivity contribution in [2.24, 2.45) is 0 Å². The van der Waals surface area contributed by atoms with Crippen LogP contribution in [0.3, 0.4) is 0 Å². The summed E-state index contributed by atoms with van der Waals surface area (Å²) in [6.07, 6.45) is 0.573. The van der Waals surface area contributed by atoms with Crippen molar-refractivity contribution in [1.29, 1.82) is 0 Å². The summed E-state index contributed by atoms with van der Waals surface area (Å²) in [6.45, 7) is 0.491. The van der Waals surface area contributed by atoms with Crippen LogP contribution in [0.2, 0.25) is 0 Å². The second-order valence-corrected chi connectivity index (χ2v) is 4.63. The van der Waals surface area contributed by atoms with E-state index in [0.29, 0.717) is 19.4 Å². The molecule has 5 nitrogen and oxygen atoms in total. The molecule has 0 aliphatic carbocycles. The summed E-state index contributed by atoms with van der Waals surface area (Å²) < 4.78 is 25.7. The van der Waals surface area contributed by atoms with Gasteiger partial charge < -0.3 is 15.3 Å². The number of rotatable bonds is 1. The van der Waals surface area contributed by atoms with Crippen molar-refractivity contribution in [3.05, 3.63) is 29.8 Å². The summed E-state index contributed by atoms with van der Waals surface area (Å²) in [5, 5.41) is 11.7. The molecule has 0 radical (unpaired) electrons. The van der Waals surface area contributed by atoms with E-state index in [1.54, 1.807) is 0 Å². The van der Waals surface area contributed by atoms with Crippen molar-refractivity contribution in [3.63, 3.8) is 0 Å². The lowest BCUT2D eigenvalue weighted by Gasteiger charge is -2.29. The van der Waals surface area contributed by atoms with E-state index in [2.05, 4.69) is 5.32 Å². The number of β-amino-alcohol motifs (C(OH)–C–C–N with tert-alkyl or cyclic N) is 1. The number of benzene rings is 1. The van der Waals surface area contributed by atoms with Crippen LogP contribution in [0.1, 0.15) is 12.8 Å². The van der Waals surface area contributed by atoms with E-state index in [4.69, 9.17) is 0 Å². The first kappa shape index (κ1) is 14.4. The Balaban J connectivity index is 2.00. The second-order valence-electron chi connectivity index (χ2n) is 4.63. The van der Waals surface area contributed by atoms with Crippen LogP contribution in [0.25, 0.3) is 0 Å². The van der Waals surface area contributed by atoms with Crippen molar-refractivity contribution in [1.82, 2.24) is 4.90 Å². The van der Waals surface area contributed by atoms with Gasteiger partial charge in [-0.25, -0.2) is 8.78 Å². The summed E-state index contributed by atoms with van der Waals surface area (Å²) in [6, 6.07) is 2.82. The molecule has 7 heteroatoms. The van der Waals surface area contributed by atoms with Crippen LogP contribution in [0.5, 0.6) is 0 Å². The molecule has 1 unspecified atom stereocenters. The normalized spacial score (nSPS) is 18.8. The first-order valence-electron chi connectivity index (χ1n) is 6.21. The quantitative estimate of drug-likeness (QED) is 0.752. The van der Waals surface area contributed by atoms with Gasteiger partial charge in [-0.05, 0) is 25.0 Å². The van der Waals surface area contributed by atoms with E-state index < -0.39 is 29.6 Å². The lowest BCUT2D eigenvalue weighted by atomic mass is 10.1. The Morgan fingerprint density at radius 3 is 2.70 bits per heavy atom. The van der Waals surface area contributed by atoms with E-state index in [0.717, 1.165) is 18.2 Å². The average Bonchev–Trinajstić information content (AvgIpc) is 2.42. The number of piperidine rings is 1. The van der Waals surface area contributed by atoms with Gasteiger partial charge in [-0.2, -0.15) is 0 Å². The molecular formula is C13H14F2N2O3. The zero-order chi connectivity index (χ0) is 14.7. The number of aliphatic hydroxyl groups is 1. The molecule has 20 heavy (non-hydrogen) atoms. The van der Waals surface area contributed by atoms with Crippen LogP contribution >= 0.6 is 0 Å². The van der Waals surface area contributed by atoms with Gasteiger partial charge in [0.05, 0.1) is 6.10 Å². The summed E-state index contributed by atoms with van der Waals surface area (Å²) >= 11 is 0. The van der Waals surface area contributed by atoms with Gasteiger partial charge >= 0.3 is 11.8 Å². The maximum Gasteiger partial charge on any atom is 0.313 e. The molecule has 2 amide bonds. The van der Waals surface area contributed by atoms with Crippen molar-refractivity contribution in [3.8, 4) is 0 Å². The maximum atomic E-state index is 13.0. The van der Waals surface area contributed by atoms with Gasteiger partial charge in [-0.3, -0.25) is 9.59 Å². The van der Waals surface area contributed by atoms with Crippen molar-refractivity contribution in [2.75, 3.05) is 18.4 Å². The Kier molecular flexibility index (Phi) is 4.29. The van der Waals surface area contributed by atoms with E-state index in [1.807, 2.05) is 0 Å². The molecule has 0 saturated carbocycles. The molecule has 0 bridgehead atoms. The first-order valence-corrected chi connectivity index (χ1v) is 6.21. The largest absolute Gasteiger partial charge is 0.391 e. The van der Waals surface area contributed by atoms with Gasteiger partial charge in [0, 0.05) is 24.8 Å². The van der Waals surface area contributed by atoms with Crippen LogP contribution in [-0.4, -0.2) is 41.0 Å². The number of nitrogens with zero attached hydrogens (tertiary/aromatic N) is 1. The number of hydrogen-bond donors (Lipinski definition) is 2. The fourth-order valence-corrected chi connectivity index (χ4v) is 2.04. The highest BCUT2D eigenvalue weighted by Gasteiger charge is 2.26. The minimum absolute atomic E-state index is 0.000178. The number of carbonyl (C=O) groups is 2. The van der Waals surface area contributed by atoms with Crippen LogP contribution in [0.4, 0.5) is 14.5 Å². The Bertz CT molecular complexity index is 536. The summed E-state index contributed by atoms with van der Waals surface area (Å²) in [4.78, 5) is 24.8. The van der Waals surface area contributed by atoms with Gasteiger partial charge in [0.25, 0.3) is 0 Å². The molecule has 1 aliphatic rings. The Morgan fingerprint density at radius 2 is 2.05 bits per heavy atom. The van der Waals surface area contributed by atoms with E-state index in [-0.39, 0.29) is 12.2 Å². The lowest BCUT2D eigenvalue weighted by molar-refractivity contribution is -0.145. The standard InChI is InChI=1S/C13H14F2N2O3/c14-10-4-3-8(6-11(10)15)16-12(19)13(20)17-5-1-2-9(18)7-17/h3-4,6,9,18H,1-2,5,7H2,(H,16,19). The molecule has 0 spiro atoms. The topological polar surface area (TPSA) is 69.6 Å². The zero-order valence-electron chi connectivity index (χ0n) is 10.6. The van der Waals surface area contributed by atoms with Crippen LogP contribution in [0.15, 0.2) is 18.2 Å². The smallest absolute Gasteiger partial charge is 0.313 e. The SMILES string of the molecule is O=C(Nc1ccc(F)c(F)c1)C(=O)N1CCCC(O)C1. The molecule has 2 rings (SSSR count). The highest BCUT2D eigenvalue weighted by atomic mass is 19.2. The number of likely N-dealkylation sites (tertiary alicyclic amines) is 1. The predicted molar refractivity (Wildman–Crippen MR) is 66.8 cm³/mol. The van der Waals surface area contributed by atoms with Gasteiger partial charge in [0.1, 0.15) is 0 Å². The second kappa shape index (κ2) is 5.96. The lowest BCUT2D eigenvalue weighted by Crippen LogP contribution is -2.46. The predicted octanol–water partition coefficient (Wildman–Crippen LogP) is 0.887. The molecule has 2 N–H and O–H groups in total. The summed E-state index contributed by atoms with van der Waals surface area (Å²) in [5.74, 6) is -3.88. The van der Waals surface area contributed by atoms with Gasteiger partial charge in [-0.15, -0.1) is 0 Å². The van der Waals surface area contributed by atoms with Crippen LogP contribution < -0.4 is 5.32 Å². The molecular weight excluding hydrogens is 270 g/mol. The minimum atomic E-state index is -1.11. The van der Waals surface area contributed by atoms with Crippen molar-refractivity contribution >= 4 is 17.5 Å². The molecule has 1 aromatic rings. The Morgan fingerprint density at radius 1 is 1.30 bits per heavy atom. The van der Waals surface area contributed by atoms with Crippen molar-refractivity contribution in [2.45, 2.75) is 18.9 Å². The van der Waals surface area contributed by atoms with Crippen LogP contribution in [-0.2, 0) is 9.59 Å². The Labute approximate surface area is 114 Å². The average molecular weight is 284 g/mol. The van der Waals surface area contributed by atoms with E-state index >= 15 is 0 Å². The maximum absolute atomic E-state index is 13.0. The molecule has 1 heterocycles. The molecule has 0 aromatic heterocycles. The fourth-order valence-electron chi connectivity index (χ4n) is 2.04. The number of hydrogen-bond acceptors (Lipinski definition) is 3. The van der Waals surface area contributed by atoms with E-state index in [9.17, 15) is 23.5 Å². The summed E-state index contributed by atoms with van der Waals surface area (Å²) in [7, 11) is 0. The highest BCUT2D eigenvalue weighted by molar-refractivity contribution is 6.39. The third-order valence-electron chi connectivity index (χ3n) is 3.06. The minimum Gasteiger partial charge on any atom is -0.391 e. The van der Waals surface area contributed by atoms with Gasteiger partial charge in [0.2, 0.25) is 0 Å². The van der Waals surface area contributed by atoms with Gasteiger partial charge in [-0.1, -0.05) is 0 Å².